The van der Waals surface area contributed by atoms with E-state index in [4.69, 9.17) is 5.73 Å². The van der Waals surface area contributed by atoms with Gasteiger partial charge in [-0.2, -0.15) is 17.9 Å². The lowest BCUT2D eigenvalue weighted by atomic mass is 9.82. The lowest BCUT2D eigenvalue weighted by molar-refractivity contribution is -0.0458. The van der Waals surface area contributed by atoms with Crippen LogP contribution in [0.1, 0.15) is 24.1 Å². The highest BCUT2D eigenvalue weighted by Gasteiger charge is 2.51. The standard InChI is InChI=1S/C16H17F3N2O2S/c1-15(13-10-6-3-7-11-13,21-24(22,23)16(17,18)19)14(20)12-8-4-2-5-9-12/h2-11,14,21H,20H2,1H3/t14-,15+/m0/s1. The van der Waals surface area contributed by atoms with Crippen molar-refractivity contribution in [1.82, 2.24) is 4.72 Å². The van der Waals surface area contributed by atoms with E-state index in [1.54, 1.807) is 53.3 Å². The molecule has 3 N–H and O–H groups in total. The van der Waals surface area contributed by atoms with Crippen LogP contribution in [0, 0.1) is 0 Å². The van der Waals surface area contributed by atoms with Crippen LogP contribution in [-0.4, -0.2) is 13.9 Å². The van der Waals surface area contributed by atoms with Crippen LogP contribution >= 0.6 is 0 Å². The van der Waals surface area contributed by atoms with Crippen molar-refractivity contribution in [3.63, 3.8) is 0 Å². The molecule has 0 unspecified atom stereocenters. The predicted octanol–water partition coefficient (Wildman–Crippen LogP) is 3.04. The van der Waals surface area contributed by atoms with Gasteiger partial charge in [0.1, 0.15) is 0 Å². The second-order valence-corrected chi connectivity index (χ2v) is 7.18. The third kappa shape index (κ3) is 3.61. The first-order valence-corrected chi connectivity index (χ1v) is 8.52. The van der Waals surface area contributed by atoms with Gasteiger partial charge in [0, 0.05) is 0 Å². The van der Waals surface area contributed by atoms with E-state index >= 15 is 0 Å². The van der Waals surface area contributed by atoms with E-state index in [1.165, 1.54) is 19.1 Å². The first kappa shape index (κ1) is 18.4. The summed E-state index contributed by atoms with van der Waals surface area (Å²) in [6.07, 6.45) is 0. The molecule has 0 fully saturated rings. The topological polar surface area (TPSA) is 72.2 Å². The fourth-order valence-corrected chi connectivity index (χ4v) is 3.34. The Hall–Kier alpha value is -1.90. The van der Waals surface area contributed by atoms with Crippen molar-refractivity contribution < 1.29 is 21.6 Å². The van der Waals surface area contributed by atoms with Crippen LogP contribution in [0.15, 0.2) is 60.7 Å². The molecule has 0 aliphatic carbocycles. The molecule has 0 aliphatic heterocycles. The first-order valence-electron chi connectivity index (χ1n) is 7.04. The normalized spacial score (nSPS) is 16.4. The summed E-state index contributed by atoms with van der Waals surface area (Å²) in [5.41, 5.74) is -0.117. The zero-order valence-corrected chi connectivity index (χ0v) is 13.6. The smallest absolute Gasteiger partial charge is 0.322 e. The Labute approximate surface area is 138 Å². The number of benzene rings is 2. The van der Waals surface area contributed by atoms with E-state index in [0.29, 0.717) is 11.1 Å². The Bertz CT molecular complexity index is 780. The Balaban J connectivity index is 2.55. The summed E-state index contributed by atoms with van der Waals surface area (Å²) in [4.78, 5) is 0. The molecule has 0 bridgehead atoms. The quantitative estimate of drug-likeness (QED) is 0.863. The van der Waals surface area contributed by atoms with Gasteiger partial charge in [-0.05, 0) is 18.1 Å². The van der Waals surface area contributed by atoms with E-state index in [1.807, 2.05) is 0 Å². The van der Waals surface area contributed by atoms with Gasteiger partial charge in [0.15, 0.2) is 0 Å². The van der Waals surface area contributed by atoms with Crippen LogP contribution in [0.4, 0.5) is 13.2 Å². The molecular formula is C16H17F3N2O2S. The summed E-state index contributed by atoms with van der Waals surface area (Å²) in [5, 5.41) is 0. The van der Waals surface area contributed by atoms with Crippen molar-refractivity contribution >= 4 is 10.0 Å². The van der Waals surface area contributed by atoms with Gasteiger partial charge < -0.3 is 5.73 Å². The minimum Gasteiger partial charge on any atom is -0.322 e. The largest absolute Gasteiger partial charge is 0.511 e. The molecule has 2 aromatic rings. The zero-order valence-electron chi connectivity index (χ0n) is 12.8. The molecule has 0 spiro atoms. The van der Waals surface area contributed by atoms with Gasteiger partial charge >= 0.3 is 15.5 Å². The molecule has 130 valence electrons. The maximum atomic E-state index is 12.9. The number of nitrogens with two attached hydrogens (primary N) is 1. The van der Waals surface area contributed by atoms with Crippen LogP contribution in [0.2, 0.25) is 0 Å². The van der Waals surface area contributed by atoms with Gasteiger partial charge in [-0.25, -0.2) is 8.42 Å². The molecule has 24 heavy (non-hydrogen) atoms. The van der Waals surface area contributed by atoms with Crippen LogP contribution in [0.3, 0.4) is 0 Å². The number of nitrogens with one attached hydrogen (secondary N) is 1. The Morgan fingerprint density at radius 3 is 1.88 bits per heavy atom. The molecule has 2 aromatic carbocycles. The summed E-state index contributed by atoms with van der Waals surface area (Å²) in [5.74, 6) is 0. The average molecular weight is 358 g/mol. The van der Waals surface area contributed by atoms with E-state index in [9.17, 15) is 21.6 Å². The van der Waals surface area contributed by atoms with Crippen LogP contribution < -0.4 is 10.5 Å². The van der Waals surface area contributed by atoms with Crippen molar-refractivity contribution in [1.29, 1.82) is 0 Å². The molecule has 2 rings (SSSR count). The Morgan fingerprint density at radius 2 is 1.42 bits per heavy atom. The van der Waals surface area contributed by atoms with Gasteiger partial charge in [0.25, 0.3) is 0 Å². The SMILES string of the molecule is C[C@@](NS(=O)(=O)C(F)(F)F)(c1ccccc1)[C@@H](N)c1ccccc1. The van der Waals surface area contributed by atoms with Gasteiger partial charge in [-0.3, -0.25) is 0 Å². The number of alkyl halides is 3. The highest BCUT2D eigenvalue weighted by atomic mass is 32.2. The van der Waals surface area contributed by atoms with Gasteiger partial charge in [-0.1, -0.05) is 60.7 Å². The summed E-state index contributed by atoms with van der Waals surface area (Å²) >= 11 is 0. The van der Waals surface area contributed by atoms with Gasteiger partial charge in [-0.15, -0.1) is 0 Å². The van der Waals surface area contributed by atoms with E-state index in [2.05, 4.69) is 0 Å². The lowest BCUT2D eigenvalue weighted by Gasteiger charge is -2.37. The molecule has 2 atom stereocenters. The Kier molecular flexibility index (Phi) is 5.03. The molecule has 8 heteroatoms. The highest BCUT2D eigenvalue weighted by molar-refractivity contribution is 7.90. The van der Waals surface area contributed by atoms with Crippen LogP contribution in [0.25, 0.3) is 0 Å². The third-order valence-corrected chi connectivity index (χ3v) is 5.11. The minimum absolute atomic E-state index is 0.328. The van der Waals surface area contributed by atoms with Crippen molar-refractivity contribution in [2.45, 2.75) is 24.0 Å². The van der Waals surface area contributed by atoms with E-state index in [0.717, 1.165) is 0 Å². The molecule has 0 aliphatic rings. The van der Waals surface area contributed by atoms with E-state index < -0.39 is 27.1 Å². The summed E-state index contributed by atoms with van der Waals surface area (Å²) in [7, 11) is -5.59. The maximum Gasteiger partial charge on any atom is 0.511 e. The highest BCUT2D eigenvalue weighted by Crippen LogP contribution is 2.36. The molecule has 4 nitrogen and oxygen atoms in total. The number of sulfonamides is 1. The fraction of sp³-hybridized carbons (Fsp3) is 0.250. The number of hydrogen-bond acceptors (Lipinski definition) is 3. The first-order chi connectivity index (χ1) is 11.1. The van der Waals surface area contributed by atoms with Crippen LogP contribution in [-0.2, 0) is 15.6 Å². The fourth-order valence-electron chi connectivity index (χ4n) is 2.42. The zero-order chi connectivity index (χ0) is 18.0. The molecule has 0 heterocycles. The average Bonchev–Trinajstić information content (AvgIpc) is 2.54. The molecule has 0 saturated heterocycles. The molecule has 0 amide bonds. The van der Waals surface area contributed by atoms with Crippen molar-refractivity contribution in [2.24, 2.45) is 5.73 Å². The summed E-state index contributed by atoms with van der Waals surface area (Å²) in [6.45, 7) is 1.34. The minimum atomic E-state index is -5.59. The number of halogens is 3. The van der Waals surface area contributed by atoms with Gasteiger partial charge in [0.05, 0.1) is 11.6 Å². The number of hydrogen-bond donors (Lipinski definition) is 2. The summed E-state index contributed by atoms with van der Waals surface area (Å²) < 4.78 is 63.7. The molecule has 0 radical (unpaired) electrons. The second-order valence-electron chi connectivity index (χ2n) is 5.51. The molecule has 0 saturated carbocycles. The van der Waals surface area contributed by atoms with Crippen LogP contribution in [0.5, 0.6) is 0 Å². The molecular weight excluding hydrogens is 341 g/mol. The summed E-state index contributed by atoms with van der Waals surface area (Å²) in [6, 6.07) is 15.3. The Morgan fingerprint density at radius 1 is 0.958 bits per heavy atom. The maximum absolute atomic E-state index is 12.9. The van der Waals surface area contributed by atoms with Crippen molar-refractivity contribution in [3.8, 4) is 0 Å². The third-order valence-electron chi connectivity index (χ3n) is 3.81. The predicted molar refractivity (Wildman–Crippen MR) is 85.3 cm³/mol. The second kappa shape index (κ2) is 6.54. The lowest BCUT2D eigenvalue weighted by Crippen LogP contribution is -2.53. The van der Waals surface area contributed by atoms with Crippen molar-refractivity contribution in [3.05, 3.63) is 71.8 Å². The van der Waals surface area contributed by atoms with E-state index in [-0.39, 0.29) is 0 Å². The van der Waals surface area contributed by atoms with Crippen molar-refractivity contribution in [2.75, 3.05) is 0 Å². The monoisotopic (exact) mass is 358 g/mol. The number of rotatable bonds is 5. The molecule has 0 aromatic heterocycles. The van der Waals surface area contributed by atoms with Gasteiger partial charge in [0.2, 0.25) is 0 Å².